The van der Waals surface area contributed by atoms with Crippen molar-refractivity contribution in [3.05, 3.63) is 0 Å². The third-order valence-corrected chi connectivity index (χ3v) is 2.56. The van der Waals surface area contributed by atoms with E-state index in [1.807, 2.05) is 0 Å². The Morgan fingerprint density at radius 2 is 2.00 bits per heavy atom. The van der Waals surface area contributed by atoms with Gasteiger partial charge in [0.1, 0.15) is 5.75 Å². The van der Waals surface area contributed by atoms with E-state index in [4.69, 9.17) is 10.9 Å². The van der Waals surface area contributed by atoms with Gasteiger partial charge in [0.15, 0.2) is 15.7 Å². The van der Waals surface area contributed by atoms with Gasteiger partial charge in [-0.1, -0.05) is 5.16 Å². The fourth-order valence-corrected chi connectivity index (χ4v) is 1.69. The zero-order valence-electron chi connectivity index (χ0n) is 9.54. The third-order valence-electron chi connectivity index (χ3n) is 1.79. The van der Waals surface area contributed by atoms with Crippen molar-refractivity contribution in [1.82, 2.24) is 4.90 Å². The first-order valence-electron chi connectivity index (χ1n) is 4.61. The van der Waals surface area contributed by atoms with Crippen LogP contribution in [0.5, 0.6) is 0 Å². The fraction of sp³-hybridized carbons (Fsp3) is 0.750. The van der Waals surface area contributed by atoms with E-state index in [2.05, 4.69) is 5.16 Å². The Balaban J connectivity index is 4.74. The summed E-state index contributed by atoms with van der Waals surface area (Å²) in [6, 6.07) is -0.227. The molecule has 0 rings (SSSR count). The highest BCUT2D eigenvalue weighted by Crippen LogP contribution is 2.00. The lowest BCUT2D eigenvalue weighted by molar-refractivity contribution is -0.129. The van der Waals surface area contributed by atoms with Gasteiger partial charge in [0, 0.05) is 12.3 Å². The predicted molar refractivity (Wildman–Crippen MR) is 60.0 cm³/mol. The lowest BCUT2D eigenvalue weighted by Crippen LogP contribution is -2.45. The summed E-state index contributed by atoms with van der Waals surface area (Å²) in [6.45, 7) is 3.33. The molecule has 7 nitrogen and oxygen atoms in total. The van der Waals surface area contributed by atoms with Gasteiger partial charge in [0.2, 0.25) is 5.91 Å². The second kappa shape index (κ2) is 5.69. The summed E-state index contributed by atoms with van der Waals surface area (Å²) in [7, 11) is -3.38. The number of amidine groups is 1. The van der Waals surface area contributed by atoms with Gasteiger partial charge in [-0.25, -0.2) is 8.42 Å². The summed E-state index contributed by atoms with van der Waals surface area (Å²) in [5.41, 5.74) is 5.27. The maximum atomic E-state index is 11.6. The largest absolute Gasteiger partial charge is 0.409 e. The second-order valence-electron chi connectivity index (χ2n) is 3.78. The summed E-state index contributed by atoms with van der Waals surface area (Å²) in [5, 5.41) is 11.1. The van der Waals surface area contributed by atoms with Gasteiger partial charge in [-0.3, -0.25) is 4.79 Å². The molecule has 0 aliphatic heterocycles. The zero-order chi connectivity index (χ0) is 12.9. The third kappa shape index (κ3) is 5.54. The van der Waals surface area contributed by atoms with Crippen LogP contribution in [0.3, 0.4) is 0 Å². The summed E-state index contributed by atoms with van der Waals surface area (Å²) in [5.74, 6) is -1.29. The molecule has 3 N–H and O–H groups in total. The Bertz CT molecular complexity index is 375. The van der Waals surface area contributed by atoms with E-state index in [9.17, 15) is 13.2 Å². The number of carbonyl (C=O) groups is 1. The molecular formula is C8H17N3O4S. The van der Waals surface area contributed by atoms with Crippen molar-refractivity contribution in [2.24, 2.45) is 10.9 Å². The maximum absolute atomic E-state index is 11.6. The molecule has 0 heterocycles. The number of sulfone groups is 1. The number of nitrogens with zero attached hydrogens (tertiary/aromatic N) is 2. The van der Waals surface area contributed by atoms with Gasteiger partial charge in [0.05, 0.1) is 6.54 Å². The molecule has 0 radical (unpaired) electrons. The normalized spacial score (nSPS) is 12.9. The molecular weight excluding hydrogens is 234 g/mol. The van der Waals surface area contributed by atoms with E-state index in [1.165, 1.54) is 4.90 Å². The van der Waals surface area contributed by atoms with E-state index in [0.29, 0.717) is 0 Å². The van der Waals surface area contributed by atoms with Gasteiger partial charge in [-0.15, -0.1) is 0 Å². The van der Waals surface area contributed by atoms with Crippen LogP contribution in [-0.4, -0.2) is 54.9 Å². The first-order chi connectivity index (χ1) is 7.17. The Morgan fingerprint density at radius 1 is 1.50 bits per heavy atom. The Kier molecular flexibility index (Phi) is 5.22. The van der Waals surface area contributed by atoms with Crippen molar-refractivity contribution < 1.29 is 18.4 Å². The van der Waals surface area contributed by atoms with Crippen LogP contribution in [0, 0.1) is 0 Å². The average molecular weight is 251 g/mol. The Hall–Kier alpha value is -1.31. The summed E-state index contributed by atoms with van der Waals surface area (Å²) in [6.07, 6.45) is 0.979. The fourth-order valence-electron chi connectivity index (χ4n) is 1.07. The topological polar surface area (TPSA) is 113 Å². The summed E-state index contributed by atoms with van der Waals surface area (Å²) < 4.78 is 21.9. The molecule has 0 bridgehead atoms. The Labute approximate surface area is 94.8 Å². The highest BCUT2D eigenvalue weighted by Gasteiger charge is 2.21. The van der Waals surface area contributed by atoms with Gasteiger partial charge in [0.25, 0.3) is 0 Å². The van der Waals surface area contributed by atoms with Gasteiger partial charge in [-0.2, -0.15) is 0 Å². The second-order valence-corrected chi connectivity index (χ2v) is 5.92. The number of hydrogen-bond donors (Lipinski definition) is 2. The molecule has 94 valence electrons. The van der Waals surface area contributed by atoms with Crippen molar-refractivity contribution in [1.29, 1.82) is 0 Å². The van der Waals surface area contributed by atoms with E-state index >= 15 is 0 Å². The smallest absolute Gasteiger partial charge is 0.238 e. The maximum Gasteiger partial charge on any atom is 0.238 e. The highest BCUT2D eigenvalue weighted by molar-refractivity contribution is 7.91. The van der Waals surface area contributed by atoms with Gasteiger partial charge >= 0.3 is 0 Å². The molecule has 0 unspecified atom stereocenters. The molecule has 0 spiro atoms. The number of carbonyl (C=O) groups excluding carboxylic acids is 1. The number of rotatable bonds is 5. The van der Waals surface area contributed by atoms with Crippen LogP contribution in [-0.2, 0) is 14.6 Å². The first kappa shape index (κ1) is 14.7. The lowest BCUT2D eigenvalue weighted by atomic mass is 10.3. The Morgan fingerprint density at radius 3 is 2.31 bits per heavy atom. The van der Waals surface area contributed by atoms with Crippen molar-refractivity contribution in [3.8, 4) is 0 Å². The number of oxime groups is 1. The van der Waals surface area contributed by atoms with Crippen LogP contribution in [0.1, 0.15) is 13.8 Å². The van der Waals surface area contributed by atoms with Crippen molar-refractivity contribution in [3.63, 3.8) is 0 Å². The van der Waals surface area contributed by atoms with E-state index in [1.54, 1.807) is 13.8 Å². The van der Waals surface area contributed by atoms with Crippen LogP contribution in [0.4, 0.5) is 0 Å². The van der Waals surface area contributed by atoms with Crippen molar-refractivity contribution in [2.75, 3.05) is 18.6 Å². The predicted octanol–water partition coefficient (Wildman–Crippen LogP) is -0.986. The first-order valence-corrected chi connectivity index (χ1v) is 6.67. The van der Waals surface area contributed by atoms with Crippen LogP contribution >= 0.6 is 0 Å². The number of amides is 1. The van der Waals surface area contributed by atoms with Crippen molar-refractivity contribution in [2.45, 2.75) is 19.9 Å². The molecule has 0 aliphatic carbocycles. The molecule has 8 heteroatoms. The minimum absolute atomic E-state index is 0.0947. The van der Waals surface area contributed by atoms with Crippen LogP contribution in [0.2, 0.25) is 0 Å². The van der Waals surface area contributed by atoms with Crippen LogP contribution in [0.15, 0.2) is 5.16 Å². The zero-order valence-corrected chi connectivity index (χ0v) is 10.4. The summed E-state index contributed by atoms with van der Waals surface area (Å²) >= 11 is 0. The minimum atomic E-state index is -3.38. The molecule has 16 heavy (non-hydrogen) atoms. The number of nitrogens with two attached hydrogens (primary N) is 1. The molecule has 0 fully saturated rings. The minimum Gasteiger partial charge on any atom is -0.409 e. The van der Waals surface area contributed by atoms with Crippen LogP contribution in [0.25, 0.3) is 0 Å². The molecule has 0 saturated heterocycles. The molecule has 0 aromatic carbocycles. The quantitative estimate of drug-likeness (QED) is 0.282. The lowest BCUT2D eigenvalue weighted by Gasteiger charge is -2.25. The average Bonchev–Trinajstić information content (AvgIpc) is 2.09. The molecule has 0 saturated carbocycles. The molecule has 1 amide bonds. The van der Waals surface area contributed by atoms with Crippen molar-refractivity contribution >= 4 is 21.6 Å². The van der Waals surface area contributed by atoms with Gasteiger partial charge in [-0.05, 0) is 13.8 Å². The number of hydrogen-bond acceptors (Lipinski definition) is 5. The molecule has 0 atom stereocenters. The van der Waals surface area contributed by atoms with E-state index in [-0.39, 0.29) is 18.4 Å². The van der Waals surface area contributed by atoms with E-state index in [0.717, 1.165) is 6.26 Å². The molecule has 0 aromatic rings. The van der Waals surface area contributed by atoms with Crippen LogP contribution < -0.4 is 5.73 Å². The monoisotopic (exact) mass is 251 g/mol. The SMILES string of the molecule is CC(C)N(CC(N)=NO)C(=O)CS(C)(=O)=O. The molecule has 0 aliphatic rings. The van der Waals surface area contributed by atoms with Gasteiger partial charge < -0.3 is 15.8 Å². The summed E-state index contributed by atoms with van der Waals surface area (Å²) in [4.78, 5) is 12.8. The highest BCUT2D eigenvalue weighted by atomic mass is 32.2. The molecule has 0 aromatic heterocycles. The standard InChI is InChI=1S/C8H17N3O4S/c1-6(2)11(4-7(9)10-13)8(12)5-16(3,14)15/h6,13H,4-5H2,1-3H3,(H2,9,10). The van der Waals surface area contributed by atoms with E-state index < -0.39 is 21.5 Å².